The fourth-order valence-corrected chi connectivity index (χ4v) is 3.22. The molecule has 0 aliphatic rings. The summed E-state index contributed by atoms with van der Waals surface area (Å²) < 4.78 is 45.6. The number of rotatable bonds is 6. The van der Waals surface area contributed by atoms with E-state index in [1.54, 1.807) is 12.1 Å². The summed E-state index contributed by atoms with van der Waals surface area (Å²) in [7, 11) is -4.18. The lowest BCUT2D eigenvalue weighted by Crippen LogP contribution is -2.31. The van der Waals surface area contributed by atoms with Crippen LogP contribution in [0.1, 0.15) is 19.8 Å². The van der Waals surface area contributed by atoms with Gasteiger partial charge in [-0.3, -0.25) is 0 Å². The van der Waals surface area contributed by atoms with Gasteiger partial charge >= 0.3 is 6.09 Å². The maximum Gasteiger partial charge on any atom is 0.421 e. The molecule has 2 aromatic carbocycles. The number of halogens is 1. The van der Waals surface area contributed by atoms with Crippen LogP contribution in [0.3, 0.4) is 0 Å². The molecule has 0 heterocycles. The van der Waals surface area contributed by atoms with Gasteiger partial charge in [-0.05, 0) is 18.6 Å². The van der Waals surface area contributed by atoms with E-state index in [0.717, 1.165) is 6.42 Å². The maximum atomic E-state index is 14.0. The third-order valence-electron chi connectivity index (χ3n) is 3.29. The number of unbranched alkanes of at least 4 members (excludes halogenated alkanes) is 1. The molecule has 0 fully saturated rings. The fraction of sp³-hybridized carbons (Fsp3) is 0.235. The van der Waals surface area contributed by atoms with Gasteiger partial charge in [0, 0.05) is 11.1 Å². The number of carbonyl (C=O) groups excluding carboxylic acids is 1. The van der Waals surface area contributed by atoms with Crippen molar-refractivity contribution in [1.29, 1.82) is 0 Å². The van der Waals surface area contributed by atoms with Crippen LogP contribution in [0.4, 0.5) is 9.18 Å². The third-order valence-corrected chi connectivity index (χ3v) is 4.66. The minimum atomic E-state index is -4.18. The summed E-state index contributed by atoms with van der Waals surface area (Å²) in [6, 6.07) is 11.7. The average molecular weight is 351 g/mol. The van der Waals surface area contributed by atoms with Gasteiger partial charge in [-0.15, -0.1) is 0 Å². The Hall–Kier alpha value is -2.41. The Bertz CT molecular complexity index is 821. The highest BCUT2D eigenvalue weighted by molar-refractivity contribution is 7.90. The molecule has 0 saturated carbocycles. The van der Waals surface area contributed by atoms with Gasteiger partial charge in [-0.2, -0.15) is 0 Å². The zero-order valence-corrected chi connectivity index (χ0v) is 14.0. The lowest BCUT2D eigenvalue weighted by atomic mass is 10.1. The Morgan fingerprint density at radius 3 is 2.38 bits per heavy atom. The maximum absolute atomic E-state index is 14.0. The van der Waals surface area contributed by atoms with Crippen molar-refractivity contribution in [2.45, 2.75) is 24.7 Å². The Morgan fingerprint density at radius 1 is 1.08 bits per heavy atom. The second-order valence-electron chi connectivity index (χ2n) is 5.07. The van der Waals surface area contributed by atoms with E-state index in [1.807, 2.05) is 11.6 Å². The van der Waals surface area contributed by atoms with Crippen LogP contribution in [-0.2, 0) is 14.8 Å². The van der Waals surface area contributed by atoms with Crippen LogP contribution < -0.4 is 4.72 Å². The molecule has 24 heavy (non-hydrogen) atoms. The van der Waals surface area contributed by atoms with Crippen LogP contribution in [-0.4, -0.2) is 21.1 Å². The van der Waals surface area contributed by atoms with E-state index >= 15 is 0 Å². The molecule has 1 N–H and O–H groups in total. The van der Waals surface area contributed by atoms with Crippen molar-refractivity contribution in [2.24, 2.45) is 0 Å². The molecule has 1 amide bonds. The number of ether oxygens (including phenoxy) is 1. The lowest BCUT2D eigenvalue weighted by molar-refractivity contribution is 0.151. The third kappa shape index (κ3) is 4.32. The minimum absolute atomic E-state index is 0.132. The molecule has 0 radical (unpaired) electrons. The Kier molecular flexibility index (Phi) is 5.92. The van der Waals surface area contributed by atoms with Gasteiger partial charge in [0.25, 0.3) is 10.0 Å². The first-order valence-electron chi connectivity index (χ1n) is 7.49. The molecule has 0 aromatic heterocycles. The van der Waals surface area contributed by atoms with Crippen LogP contribution in [0.2, 0.25) is 0 Å². The van der Waals surface area contributed by atoms with Crippen molar-refractivity contribution in [3.05, 3.63) is 54.3 Å². The molecule has 128 valence electrons. The summed E-state index contributed by atoms with van der Waals surface area (Å²) in [6.07, 6.45) is 0.405. The largest absolute Gasteiger partial charge is 0.449 e. The van der Waals surface area contributed by atoms with Crippen molar-refractivity contribution in [2.75, 3.05) is 6.61 Å². The summed E-state index contributed by atoms with van der Waals surface area (Å²) >= 11 is 0. The highest BCUT2D eigenvalue weighted by Crippen LogP contribution is 2.29. The van der Waals surface area contributed by atoms with Gasteiger partial charge in [0.1, 0.15) is 5.82 Å². The first-order chi connectivity index (χ1) is 11.5. The minimum Gasteiger partial charge on any atom is -0.449 e. The normalized spacial score (nSPS) is 11.1. The topological polar surface area (TPSA) is 72.5 Å². The number of benzene rings is 2. The van der Waals surface area contributed by atoms with Crippen LogP contribution in [0.25, 0.3) is 11.1 Å². The molecule has 2 rings (SSSR count). The monoisotopic (exact) mass is 351 g/mol. The van der Waals surface area contributed by atoms with Crippen LogP contribution in [0.5, 0.6) is 0 Å². The smallest absolute Gasteiger partial charge is 0.421 e. The predicted octanol–water partition coefficient (Wildman–Crippen LogP) is 3.71. The number of hydrogen-bond donors (Lipinski definition) is 1. The predicted molar refractivity (Wildman–Crippen MR) is 88.4 cm³/mol. The number of amides is 1. The van der Waals surface area contributed by atoms with Crippen LogP contribution >= 0.6 is 0 Å². The molecule has 0 aliphatic carbocycles. The van der Waals surface area contributed by atoms with E-state index in [0.29, 0.717) is 6.42 Å². The van der Waals surface area contributed by atoms with Crippen LogP contribution in [0.15, 0.2) is 53.4 Å². The van der Waals surface area contributed by atoms with E-state index < -0.39 is 21.9 Å². The number of hydrogen-bond acceptors (Lipinski definition) is 4. The van der Waals surface area contributed by atoms with Crippen molar-refractivity contribution < 1.29 is 22.3 Å². The molecule has 0 aliphatic heterocycles. The van der Waals surface area contributed by atoms with Gasteiger partial charge in [-0.1, -0.05) is 49.7 Å². The first kappa shape index (κ1) is 17.9. The summed E-state index contributed by atoms with van der Waals surface area (Å²) in [4.78, 5) is 11.4. The summed E-state index contributed by atoms with van der Waals surface area (Å²) in [5.74, 6) is -0.550. The fourth-order valence-electron chi connectivity index (χ4n) is 2.11. The zero-order chi connectivity index (χ0) is 17.6. The number of nitrogens with one attached hydrogen (secondary N) is 1. The summed E-state index contributed by atoms with van der Waals surface area (Å²) in [5.41, 5.74) is 0.308. The number of carbonyl (C=O) groups is 1. The Morgan fingerprint density at radius 2 is 1.71 bits per heavy atom. The second-order valence-corrected chi connectivity index (χ2v) is 6.72. The van der Waals surface area contributed by atoms with E-state index in [4.69, 9.17) is 4.74 Å². The van der Waals surface area contributed by atoms with Gasteiger partial charge in [-0.25, -0.2) is 22.3 Å². The van der Waals surface area contributed by atoms with Gasteiger partial charge < -0.3 is 4.74 Å². The molecule has 0 bridgehead atoms. The summed E-state index contributed by atoms with van der Waals surface area (Å²) in [5, 5.41) is 0. The molecule has 5 nitrogen and oxygen atoms in total. The Labute approximate surface area is 140 Å². The van der Waals surface area contributed by atoms with Gasteiger partial charge in [0.05, 0.1) is 11.5 Å². The lowest BCUT2D eigenvalue weighted by Gasteiger charge is -2.12. The van der Waals surface area contributed by atoms with Crippen LogP contribution in [0, 0.1) is 5.82 Å². The highest BCUT2D eigenvalue weighted by Gasteiger charge is 2.23. The zero-order valence-electron chi connectivity index (χ0n) is 13.2. The van der Waals surface area contributed by atoms with Crippen molar-refractivity contribution in [3.8, 4) is 11.1 Å². The van der Waals surface area contributed by atoms with Gasteiger partial charge in [0.15, 0.2) is 0 Å². The van der Waals surface area contributed by atoms with E-state index in [-0.39, 0.29) is 22.6 Å². The molecule has 7 heteroatoms. The quantitative estimate of drug-likeness (QED) is 0.805. The standard InChI is InChI=1S/C17H18FNO4S/c1-2-3-12-23-17(20)19-24(21,22)16-11-7-5-9-14(16)13-8-4-6-10-15(13)18/h4-11H,2-3,12H2,1H3,(H,19,20). The summed E-state index contributed by atoms with van der Waals surface area (Å²) in [6.45, 7) is 2.05. The van der Waals surface area contributed by atoms with Gasteiger partial charge in [0.2, 0.25) is 0 Å². The first-order valence-corrected chi connectivity index (χ1v) is 8.97. The van der Waals surface area contributed by atoms with E-state index in [9.17, 15) is 17.6 Å². The Balaban J connectivity index is 2.32. The SMILES string of the molecule is CCCCOC(=O)NS(=O)(=O)c1ccccc1-c1ccccc1F. The second kappa shape index (κ2) is 7.92. The average Bonchev–Trinajstić information content (AvgIpc) is 2.55. The molecule has 0 unspecified atom stereocenters. The molecule has 2 aromatic rings. The van der Waals surface area contributed by atoms with Crippen molar-refractivity contribution in [3.63, 3.8) is 0 Å². The molecule has 0 spiro atoms. The molecular formula is C17H18FNO4S. The van der Waals surface area contributed by atoms with E-state index in [2.05, 4.69) is 0 Å². The molecule has 0 saturated heterocycles. The van der Waals surface area contributed by atoms with Crippen molar-refractivity contribution in [1.82, 2.24) is 4.72 Å². The molecular weight excluding hydrogens is 333 g/mol. The van der Waals surface area contributed by atoms with E-state index in [1.165, 1.54) is 36.4 Å². The number of sulfonamides is 1. The highest BCUT2D eigenvalue weighted by atomic mass is 32.2. The van der Waals surface area contributed by atoms with Crippen molar-refractivity contribution >= 4 is 16.1 Å². The molecule has 0 atom stereocenters.